The average Bonchev–Trinajstić information content (AvgIpc) is 2.89. The largest absolute Gasteiger partial charge is 0.481 e. The van der Waals surface area contributed by atoms with Gasteiger partial charge >= 0.3 is 5.97 Å². The van der Waals surface area contributed by atoms with E-state index in [-0.39, 0.29) is 17.9 Å². The summed E-state index contributed by atoms with van der Waals surface area (Å²) in [6.45, 7) is -0.711. The van der Waals surface area contributed by atoms with Crippen molar-refractivity contribution in [2.45, 2.75) is 49.5 Å². The summed E-state index contributed by atoms with van der Waals surface area (Å²) >= 11 is 5.86. The van der Waals surface area contributed by atoms with Crippen molar-refractivity contribution < 1.29 is 31.9 Å². The molecule has 1 amide bonds. The van der Waals surface area contributed by atoms with Crippen molar-refractivity contribution in [1.82, 2.24) is 9.42 Å². The normalized spacial score (nSPS) is 16.6. The van der Waals surface area contributed by atoms with Crippen molar-refractivity contribution in [3.05, 3.63) is 64.7 Å². The summed E-state index contributed by atoms with van der Waals surface area (Å²) in [6.07, 6.45) is -1.52. The number of carboxylic acids is 1. The van der Waals surface area contributed by atoms with E-state index in [1.165, 1.54) is 24.3 Å². The number of carbonyl (C=O) groups excluding carboxylic acids is 1. The number of carboxylic acid groups (broad SMARTS) is 1. The Morgan fingerprint density at radius 3 is 2.27 bits per heavy atom. The van der Waals surface area contributed by atoms with E-state index < -0.39 is 53.6 Å². The summed E-state index contributed by atoms with van der Waals surface area (Å²) in [5.41, 5.74) is 1.26. The van der Waals surface area contributed by atoms with E-state index in [1.54, 1.807) is 24.3 Å². The van der Waals surface area contributed by atoms with Crippen molar-refractivity contribution >= 4 is 33.5 Å². The van der Waals surface area contributed by atoms with Crippen LogP contribution in [-0.4, -0.2) is 47.3 Å². The predicted molar refractivity (Wildman–Crippen MR) is 117 cm³/mol. The van der Waals surface area contributed by atoms with Crippen LogP contribution in [0.5, 0.6) is 0 Å². The first kappa shape index (κ1) is 25.1. The molecule has 0 aromatic heterocycles. The molecule has 1 N–H and O–H groups in total. The van der Waals surface area contributed by atoms with Crippen LogP contribution in [0, 0.1) is 0 Å². The van der Waals surface area contributed by atoms with Crippen LogP contribution in [0.1, 0.15) is 36.8 Å². The quantitative estimate of drug-likeness (QED) is 0.588. The minimum atomic E-state index is -4.28. The molecule has 2 aromatic carbocycles. The Balaban J connectivity index is 1.94. The third-order valence-electron chi connectivity index (χ3n) is 5.31. The molecule has 2 aromatic rings. The highest BCUT2D eigenvalue weighted by Gasteiger charge is 2.40. The summed E-state index contributed by atoms with van der Waals surface area (Å²) in [7, 11) is -4.28. The van der Waals surface area contributed by atoms with Gasteiger partial charge in [0.25, 0.3) is 10.0 Å². The van der Waals surface area contributed by atoms with Crippen LogP contribution in [0.15, 0.2) is 53.4 Å². The lowest BCUT2D eigenvalue weighted by Crippen LogP contribution is -2.49. The average molecular weight is 501 g/mol. The van der Waals surface area contributed by atoms with Gasteiger partial charge < -0.3 is 5.11 Å². The first-order chi connectivity index (χ1) is 15.5. The lowest BCUT2D eigenvalue weighted by atomic mass is 10.1. The zero-order chi connectivity index (χ0) is 24.2. The predicted octanol–water partition coefficient (Wildman–Crippen LogP) is 4.11. The van der Waals surface area contributed by atoms with E-state index in [1.807, 2.05) is 0 Å². The van der Waals surface area contributed by atoms with Crippen molar-refractivity contribution in [3.8, 4) is 0 Å². The van der Waals surface area contributed by atoms with Crippen LogP contribution < -0.4 is 0 Å². The number of halogens is 3. The maximum absolute atomic E-state index is 13.9. The maximum atomic E-state index is 13.9. The van der Waals surface area contributed by atoms with Crippen LogP contribution >= 0.6 is 11.6 Å². The SMILES string of the molecule is O=C(O)CCc1ccc(CN(N2CCC(F)(F)CCC2=O)S(=O)(=O)c2ccc(Cl)cc2)cc1. The molecule has 0 spiro atoms. The fourth-order valence-corrected chi connectivity index (χ4v) is 5.02. The van der Waals surface area contributed by atoms with E-state index in [0.29, 0.717) is 17.0 Å². The van der Waals surface area contributed by atoms with Gasteiger partial charge in [0.2, 0.25) is 11.8 Å². The number of rotatable bonds is 8. The molecule has 33 heavy (non-hydrogen) atoms. The summed E-state index contributed by atoms with van der Waals surface area (Å²) in [6, 6.07) is 11.9. The summed E-state index contributed by atoms with van der Waals surface area (Å²) in [4.78, 5) is 23.3. The van der Waals surface area contributed by atoms with E-state index >= 15 is 0 Å². The fraction of sp³-hybridized carbons (Fsp3) is 0.364. The van der Waals surface area contributed by atoms with E-state index in [2.05, 4.69) is 0 Å². The van der Waals surface area contributed by atoms with E-state index in [9.17, 15) is 26.8 Å². The second-order valence-corrected chi connectivity index (χ2v) is 10.1. The number of hydrogen-bond acceptors (Lipinski definition) is 4. The molecule has 1 saturated heterocycles. The van der Waals surface area contributed by atoms with Gasteiger partial charge in [0.05, 0.1) is 11.4 Å². The topological polar surface area (TPSA) is 95.0 Å². The zero-order valence-corrected chi connectivity index (χ0v) is 19.2. The summed E-state index contributed by atoms with van der Waals surface area (Å²) < 4.78 is 55.6. The zero-order valence-electron chi connectivity index (χ0n) is 17.6. The molecule has 1 fully saturated rings. The molecule has 0 atom stereocenters. The molecule has 1 aliphatic rings. The molecule has 0 aliphatic carbocycles. The third-order valence-corrected chi connectivity index (χ3v) is 7.31. The monoisotopic (exact) mass is 500 g/mol. The number of hydrogen-bond donors (Lipinski definition) is 1. The number of aryl methyl sites for hydroxylation is 1. The fourth-order valence-electron chi connectivity index (χ4n) is 3.42. The first-order valence-electron chi connectivity index (χ1n) is 10.2. The number of nitrogens with zero attached hydrogens (tertiary/aromatic N) is 2. The van der Waals surface area contributed by atoms with Gasteiger partial charge in [0.1, 0.15) is 0 Å². The third kappa shape index (κ3) is 6.49. The minimum Gasteiger partial charge on any atom is -0.481 e. The highest BCUT2D eigenvalue weighted by atomic mass is 35.5. The Hall–Kier alpha value is -2.56. The van der Waals surface area contributed by atoms with Crippen LogP contribution in [-0.2, 0) is 32.6 Å². The van der Waals surface area contributed by atoms with Crippen molar-refractivity contribution in [3.63, 3.8) is 0 Å². The summed E-state index contributed by atoms with van der Waals surface area (Å²) in [5.74, 6) is -4.70. The molecule has 178 valence electrons. The second kappa shape index (κ2) is 10.1. The van der Waals surface area contributed by atoms with Crippen LogP contribution in [0.25, 0.3) is 0 Å². The number of alkyl halides is 2. The van der Waals surface area contributed by atoms with Gasteiger partial charge in [0, 0.05) is 37.3 Å². The van der Waals surface area contributed by atoms with Crippen molar-refractivity contribution in [1.29, 1.82) is 0 Å². The lowest BCUT2D eigenvalue weighted by molar-refractivity contribution is -0.141. The van der Waals surface area contributed by atoms with Crippen LogP contribution in [0.4, 0.5) is 8.78 Å². The highest BCUT2D eigenvalue weighted by molar-refractivity contribution is 7.89. The van der Waals surface area contributed by atoms with Gasteiger partial charge in [-0.05, 0) is 41.8 Å². The molecule has 1 heterocycles. The number of benzene rings is 2. The number of hydrazine groups is 1. The Morgan fingerprint density at radius 2 is 1.67 bits per heavy atom. The first-order valence-corrected chi connectivity index (χ1v) is 12.1. The lowest BCUT2D eigenvalue weighted by Gasteiger charge is -2.33. The molecule has 0 bridgehead atoms. The van der Waals surface area contributed by atoms with Crippen LogP contribution in [0.2, 0.25) is 5.02 Å². The van der Waals surface area contributed by atoms with Gasteiger partial charge in [-0.1, -0.05) is 35.9 Å². The number of amides is 1. The Kier molecular flexibility index (Phi) is 7.71. The standard InChI is InChI=1S/C22H23ClF2N2O5S/c23-18-6-8-19(9-7-18)33(31,32)27(26-14-13-22(24,25)12-11-20(26)28)15-17-3-1-16(2-4-17)5-10-21(29)30/h1-4,6-9H,5,10-15H2,(H,29,30). The minimum absolute atomic E-state index is 0.0487. The van der Waals surface area contributed by atoms with Gasteiger partial charge in [0.15, 0.2) is 0 Å². The molecular formula is C22H23ClF2N2O5S. The highest BCUT2D eigenvalue weighted by Crippen LogP contribution is 2.31. The molecule has 0 radical (unpaired) electrons. The molecule has 7 nitrogen and oxygen atoms in total. The number of aliphatic carboxylic acids is 1. The van der Waals surface area contributed by atoms with Gasteiger partial charge in [-0.3, -0.25) is 14.6 Å². The molecule has 0 saturated carbocycles. The number of carbonyl (C=O) groups is 2. The van der Waals surface area contributed by atoms with Crippen LogP contribution in [0.3, 0.4) is 0 Å². The van der Waals surface area contributed by atoms with E-state index in [4.69, 9.17) is 16.7 Å². The Labute approximate surface area is 195 Å². The maximum Gasteiger partial charge on any atom is 0.303 e. The summed E-state index contributed by atoms with van der Waals surface area (Å²) in [5, 5.41) is 10.0. The second-order valence-electron chi connectivity index (χ2n) is 7.77. The van der Waals surface area contributed by atoms with Gasteiger partial charge in [-0.2, -0.15) is 0 Å². The molecule has 0 unspecified atom stereocenters. The smallest absolute Gasteiger partial charge is 0.303 e. The molecular weight excluding hydrogens is 478 g/mol. The van der Waals surface area contributed by atoms with Crippen molar-refractivity contribution in [2.24, 2.45) is 0 Å². The molecule has 3 rings (SSSR count). The van der Waals surface area contributed by atoms with Crippen molar-refractivity contribution in [2.75, 3.05) is 6.54 Å². The molecule has 11 heteroatoms. The van der Waals surface area contributed by atoms with E-state index in [0.717, 1.165) is 15.0 Å². The number of sulfonamides is 1. The Bertz CT molecular complexity index is 1110. The Morgan fingerprint density at radius 1 is 1.06 bits per heavy atom. The molecule has 1 aliphatic heterocycles. The van der Waals surface area contributed by atoms with Gasteiger partial charge in [-0.15, -0.1) is 4.41 Å². The van der Waals surface area contributed by atoms with Gasteiger partial charge in [-0.25, -0.2) is 17.2 Å².